The Balaban J connectivity index is 1.71. The fourth-order valence-corrected chi connectivity index (χ4v) is 3.04. The number of benzene rings is 2. The highest BCUT2D eigenvalue weighted by Crippen LogP contribution is 2.37. The number of hydrogen-bond donors (Lipinski definition) is 2. The molecule has 5 nitrogen and oxygen atoms in total. The quantitative estimate of drug-likeness (QED) is 0.650. The van der Waals surface area contributed by atoms with Crippen molar-refractivity contribution in [2.75, 3.05) is 18.5 Å². The third-order valence-corrected chi connectivity index (χ3v) is 4.75. The zero-order chi connectivity index (χ0) is 21.2. The molecule has 1 aliphatic rings. The Kier molecular flexibility index (Phi) is 6.02. The van der Waals surface area contributed by atoms with E-state index in [4.69, 9.17) is 22.1 Å². The number of alkyl halides is 3. The van der Waals surface area contributed by atoms with Gasteiger partial charge in [0.2, 0.25) is 5.91 Å². The first-order valence-corrected chi connectivity index (χ1v) is 8.99. The molecule has 1 fully saturated rings. The number of rotatable bonds is 5. The molecule has 29 heavy (non-hydrogen) atoms. The van der Waals surface area contributed by atoms with Gasteiger partial charge in [0.15, 0.2) is 0 Å². The minimum Gasteiger partial charge on any atom is -0.662 e. The summed E-state index contributed by atoms with van der Waals surface area (Å²) in [6, 6.07) is 7.02. The maximum atomic E-state index is 14.4. The van der Waals surface area contributed by atoms with Gasteiger partial charge in [0.1, 0.15) is 5.82 Å². The van der Waals surface area contributed by atoms with Crippen molar-refractivity contribution in [3.8, 4) is 0 Å². The van der Waals surface area contributed by atoms with Crippen LogP contribution >= 0.6 is 11.6 Å². The van der Waals surface area contributed by atoms with Gasteiger partial charge < -0.3 is 21.1 Å². The van der Waals surface area contributed by atoms with Gasteiger partial charge in [0.05, 0.1) is 11.3 Å². The summed E-state index contributed by atoms with van der Waals surface area (Å²) in [4.78, 5) is 12.1. The highest BCUT2D eigenvalue weighted by Gasteiger charge is 2.34. The molecule has 1 aliphatic heterocycles. The molecule has 1 saturated heterocycles. The molecule has 1 atom stereocenters. The Hall–Kier alpha value is -2.36. The highest BCUT2D eigenvalue weighted by molar-refractivity contribution is 6.30. The molecule has 2 aromatic rings. The van der Waals surface area contributed by atoms with Crippen molar-refractivity contribution in [3.63, 3.8) is 0 Å². The number of carbonyl (C=O) groups is 1. The zero-order valence-corrected chi connectivity index (χ0v) is 15.8. The lowest BCUT2D eigenvalue weighted by atomic mass is 9.99. The van der Waals surface area contributed by atoms with Gasteiger partial charge in [0.25, 0.3) is 0 Å². The summed E-state index contributed by atoms with van der Waals surface area (Å²) in [7, 11) is 0. The molecular weight excluding hydrogens is 414 g/mol. The summed E-state index contributed by atoms with van der Waals surface area (Å²) in [5.41, 5.74) is 5.63. The van der Waals surface area contributed by atoms with Crippen LogP contribution in [-0.4, -0.2) is 24.7 Å². The minimum absolute atomic E-state index is 0.0210. The summed E-state index contributed by atoms with van der Waals surface area (Å²) >= 11 is 5.65. The average Bonchev–Trinajstić information content (AvgIpc) is 3.09. The van der Waals surface area contributed by atoms with Gasteiger partial charge in [-0.15, -0.1) is 0 Å². The molecule has 3 N–H and O–H groups in total. The molecule has 0 aromatic heterocycles. The van der Waals surface area contributed by atoms with Gasteiger partial charge in [-0.3, -0.25) is 4.79 Å². The molecule has 1 amide bonds. The lowest BCUT2D eigenvalue weighted by Crippen LogP contribution is -2.44. The maximum Gasteiger partial charge on any atom is 0.418 e. The Morgan fingerprint density at radius 3 is 2.62 bits per heavy atom. The van der Waals surface area contributed by atoms with E-state index in [0.29, 0.717) is 6.61 Å². The van der Waals surface area contributed by atoms with Crippen molar-refractivity contribution in [1.82, 2.24) is 5.32 Å². The van der Waals surface area contributed by atoms with E-state index < -0.39 is 29.0 Å². The summed E-state index contributed by atoms with van der Waals surface area (Å²) in [5.74, 6) is -1.27. The van der Waals surface area contributed by atoms with E-state index in [1.165, 1.54) is 18.2 Å². The van der Waals surface area contributed by atoms with E-state index in [0.717, 1.165) is 18.2 Å². The fourth-order valence-electron chi connectivity index (χ4n) is 2.87. The van der Waals surface area contributed by atoms with Gasteiger partial charge in [0, 0.05) is 36.0 Å². The first-order chi connectivity index (χ1) is 13.6. The molecule has 0 radical (unpaired) electrons. The van der Waals surface area contributed by atoms with Crippen molar-refractivity contribution in [3.05, 3.63) is 64.1 Å². The van der Waals surface area contributed by atoms with Crippen molar-refractivity contribution in [1.29, 1.82) is 0 Å². The molecule has 1 heterocycles. The Bertz CT molecular complexity index is 915. The largest absolute Gasteiger partial charge is 0.662 e. The molecule has 0 spiro atoms. The van der Waals surface area contributed by atoms with Gasteiger partial charge in [-0.25, -0.2) is 4.39 Å². The van der Waals surface area contributed by atoms with E-state index in [1.54, 1.807) is 0 Å². The van der Waals surface area contributed by atoms with Gasteiger partial charge in [-0.2, -0.15) is 13.2 Å². The van der Waals surface area contributed by atoms with Crippen LogP contribution in [0, 0.1) is 5.82 Å². The van der Waals surface area contributed by atoms with Gasteiger partial charge in [-0.05, 0) is 42.3 Å². The Labute approximate surface area is 169 Å². The summed E-state index contributed by atoms with van der Waals surface area (Å²) in [6.07, 6.45) is -4.38. The van der Waals surface area contributed by atoms with Crippen LogP contribution in [0.4, 0.5) is 28.9 Å². The van der Waals surface area contributed by atoms with Crippen LogP contribution in [0.25, 0.3) is 5.73 Å². The number of ether oxygens (including phenoxy) is 1. The number of amides is 1. The molecule has 1 unspecified atom stereocenters. The second-order valence-corrected chi connectivity index (χ2v) is 7.12. The average molecular weight is 431 g/mol. The molecular formula is C19H17ClF4N3O2-. The van der Waals surface area contributed by atoms with Crippen LogP contribution in [0.5, 0.6) is 0 Å². The third kappa shape index (κ3) is 4.98. The predicted octanol–water partition coefficient (Wildman–Crippen LogP) is 5.07. The molecule has 0 bridgehead atoms. The molecule has 156 valence electrons. The highest BCUT2D eigenvalue weighted by atomic mass is 35.5. The standard InChI is InChI=1S/C19H17ClF4N3O2/c20-12-2-4-16(14(7-12)19(22,23)24)27-13-3-1-11(15(21)8-13)9-26-17(28)18(25)5-6-29-10-18/h1-4,7-8,25,27H,5-6,9-10H2,(H,26,28)/q-1. The lowest BCUT2D eigenvalue weighted by Gasteiger charge is -2.30. The number of halogens is 5. The van der Waals surface area contributed by atoms with Crippen LogP contribution < -0.4 is 10.6 Å². The zero-order valence-electron chi connectivity index (χ0n) is 15.0. The molecule has 0 saturated carbocycles. The number of carbonyl (C=O) groups excluding carboxylic acids is 1. The Morgan fingerprint density at radius 2 is 2.00 bits per heavy atom. The van der Waals surface area contributed by atoms with Crippen LogP contribution in [0.1, 0.15) is 17.5 Å². The third-order valence-electron chi connectivity index (χ3n) is 4.51. The normalized spacial score (nSPS) is 19.2. The fraction of sp³-hybridized carbons (Fsp3) is 0.316. The SMILES string of the molecule is [NH-]C1(C(=O)NCc2ccc(Nc3ccc(Cl)cc3C(F)(F)F)cc2F)CCOC1. The lowest BCUT2D eigenvalue weighted by molar-refractivity contribution is -0.137. The van der Waals surface area contributed by atoms with E-state index in [1.807, 2.05) is 0 Å². The molecule has 10 heteroatoms. The predicted molar refractivity (Wildman–Crippen MR) is 100 cm³/mol. The maximum absolute atomic E-state index is 14.4. The van der Waals surface area contributed by atoms with Crippen molar-refractivity contribution < 1.29 is 27.1 Å². The molecule has 3 rings (SSSR count). The Morgan fingerprint density at radius 1 is 1.24 bits per heavy atom. The second-order valence-electron chi connectivity index (χ2n) is 6.69. The van der Waals surface area contributed by atoms with E-state index in [2.05, 4.69) is 10.6 Å². The van der Waals surface area contributed by atoms with Crippen LogP contribution in [0.15, 0.2) is 36.4 Å². The smallest absolute Gasteiger partial charge is 0.418 e. The summed E-state index contributed by atoms with van der Waals surface area (Å²) < 4.78 is 58.9. The number of anilines is 2. The number of nitrogens with one attached hydrogen (secondary N) is 3. The minimum atomic E-state index is -4.63. The van der Waals surface area contributed by atoms with E-state index in [-0.39, 0.29) is 41.5 Å². The van der Waals surface area contributed by atoms with Crippen molar-refractivity contribution in [2.45, 2.75) is 24.7 Å². The summed E-state index contributed by atoms with van der Waals surface area (Å²) in [5, 5.41) is 4.96. The topological polar surface area (TPSA) is 74.2 Å². The van der Waals surface area contributed by atoms with E-state index >= 15 is 0 Å². The number of hydrogen-bond acceptors (Lipinski definition) is 3. The van der Waals surface area contributed by atoms with Crippen LogP contribution in [-0.2, 0) is 22.3 Å². The first kappa shape index (κ1) is 21.4. The van der Waals surface area contributed by atoms with Gasteiger partial charge in [-0.1, -0.05) is 17.7 Å². The molecule has 0 aliphatic carbocycles. The monoisotopic (exact) mass is 430 g/mol. The van der Waals surface area contributed by atoms with Crippen LogP contribution in [0.3, 0.4) is 0 Å². The van der Waals surface area contributed by atoms with Crippen molar-refractivity contribution >= 4 is 28.9 Å². The summed E-state index contributed by atoms with van der Waals surface area (Å²) in [6.45, 7) is 0.142. The second kappa shape index (κ2) is 8.17. The first-order valence-electron chi connectivity index (χ1n) is 8.62. The van der Waals surface area contributed by atoms with Crippen LogP contribution in [0.2, 0.25) is 5.02 Å². The van der Waals surface area contributed by atoms with Gasteiger partial charge >= 0.3 is 6.18 Å². The van der Waals surface area contributed by atoms with Crippen molar-refractivity contribution in [2.24, 2.45) is 0 Å². The molecule has 2 aromatic carbocycles. The van der Waals surface area contributed by atoms with E-state index in [9.17, 15) is 22.4 Å².